The average Bonchev–Trinajstić information content (AvgIpc) is 3.00. The molecule has 0 aliphatic carbocycles. The number of nitrogens with zero attached hydrogens (tertiary/aromatic N) is 4. The summed E-state index contributed by atoms with van der Waals surface area (Å²) in [5, 5.41) is 0. The second-order valence-corrected chi connectivity index (χ2v) is 8.37. The molecule has 0 N–H and O–H groups in total. The molecule has 0 saturated carbocycles. The Balaban J connectivity index is 1.69. The van der Waals surface area contributed by atoms with Gasteiger partial charge in [0, 0.05) is 43.9 Å². The number of ether oxygens (including phenoxy) is 3. The van der Waals surface area contributed by atoms with Crippen molar-refractivity contribution in [3.63, 3.8) is 0 Å². The molecule has 1 spiro atoms. The maximum Gasteiger partial charge on any atom is 0.376 e. The lowest BCUT2D eigenvalue weighted by atomic mass is 10.0. The van der Waals surface area contributed by atoms with Crippen LogP contribution in [-0.4, -0.2) is 72.9 Å². The van der Waals surface area contributed by atoms with E-state index < -0.39 is 17.8 Å². The van der Waals surface area contributed by atoms with Gasteiger partial charge in [-0.25, -0.2) is 14.6 Å². The van der Waals surface area contributed by atoms with Crippen molar-refractivity contribution in [1.29, 1.82) is 0 Å². The molecular formula is C25H26N4O5. The van der Waals surface area contributed by atoms with Gasteiger partial charge in [-0.2, -0.15) is 0 Å². The van der Waals surface area contributed by atoms with E-state index in [1.807, 2.05) is 36.4 Å². The lowest BCUT2D eigenvalue weighted by molar-refractivity contribution is -0.278. The van der Waals surface area contributed by atoms with Crippen LogP contribution in [0, 0.1) is 0 Å². The molecule has 1 saturated heterocycles. The molecule has 0 radical (unpaired) electrons. The van der Waals surface area contributed by atoms with Gasteiger partial charge in [0.2, 0.25) is 5.96 Å². The number of methoxy groups -OCH3 is 1. The number of hydrogen-bond donors (Lipinski definition) is 0. The van der Waals surface area contributed by atoms with Crippen molar-refractivity contribution >= 4 is 23.6 Å². The fraction of sp³-hybridized carbons (Fsp3) is 0.320. The Hall–Kier alpha value is -3.85. The van der Waals surface area contributed by atoms with Gasteiger partial charge >= 0.3 is 17.8 Å². The molecule has 3 aliphatic rings. The Morgan fingerprint density at radius 1 is 0.941 bits per heavy atom. The van der Waals surface area contributed by atoms with Gasteiger partial charge in [-0.15, -0.1) is 0 Å². The number of aliphatic imine (C=N–C) groups is 1. The predicted octanol–water partition coefficient (Wildman–Crippen LogP) is 2.21. The molecular weight excluding hydrogens is 436 g/mol. The van der Waals surface area contributed by atoms with Gasteiger partial charge in [0.25, 0.3) is 0 Å². The number of para-hydroxylation sites is 2. The van der Waals surface area contributed by atoms with E-state index in [0.717, 1.165) is 43.9 Å². The van der Waals surface area contributed by atoms with Crippen molar-refractivity contribution in [2.75, 3.05) is 40.3 Å². The van der Waals surface area contributed by atoms with Gasteiger partial charge in [-0.1, -0.05) is 30.3 Å². The fourth-order valence-corrected chi connectivity index (χ4v) is 4.43. The maximum atomic E-state index is 12.7. The first-order chi connectivity index (χ1) is 16.5. The molecule has 3 aliphatic heterocycles. The van der Waals surface area contributed by atoms with Gasteiger partial charge in [0.05, 0.1) is 24.9 Å². The third-order valence-electron chi connectivity index (χ3n) is 6.20. The molecule has 9 heteroatoms. The lowest BCUT2D eigenvalue weighted by Crippen LogP contribution is -2.61. The number of benzene rings is 2. The molecule has 34 heavy (non-hydrogen) atoms. The predicted molar refractivity (Wildman–Crippen MR) is 124 cm³/mol. The summed E-state index contributed by atoms with van der Waals surface area (Å²) in [5.41, 5.74) is 1.89. The third kappa shape index (κ3) is 3.88. The minimum Gasteiger partial charge on any atom is -0.496 e. The van der Waals surface area contributed by atoms with E-state index in [9.17, 15) is 9.59 Å². The first-order valence-corrected chi connectivity index (χ1v) is 11.2. The molecule has 0 unspecified atom stereocenters. The van der Waals surface area contributed by atoms with Gasteiger partial charge < -0.3 is 24.0 Å². The number of esters is 2. The molecule has 2 aromatic carbocycles. The highest BCUT2D eigenvalue weighted by Gasteiger charge is 2.54. The Bertz CT molecular complexity index is 1150. The minimum atomic E-state index is -1.82. The Kier molecular flexibility index (Phi) is 5.70. The number of hydrogen-bond acceptors (Lipinski definition) is 9. The monoisotopic (exact) mass is 462 g/mol. The molecule has 1 fully saturated rings. The summed E-state index contributed by atoms with van der Waals surface area (Å²) in [6.07, 6.45) is 2.17. The van der Waals surface area contributed by atoms with E-state index in [0.29, 0.717) is 23.0 Å². The molecule has 9 nitrogen and oxygen atoms in total. The number of carbonyl (C=O) groups excluding carboxylic acids is 2. The normalized spacial score (nSPS) is 19.8. The van der Waals surface area contributed by atoms with E-state index in [1.165, 1.54) is 0 Å². The molecule has 0 bridgehead atoms. The molecule has 0 atom stereocenters. The van der Waals surface area contributed by atoms with E-state index in [1.54, 1.807) is 24.1 Å². The summed E-state index contributed by atoms with van der Waals surface area (Å²) < 4.78 is 17.5. The summed E-state index contributed by atoms with van der Waals surface area (Å²) in [5.74, 6) is -1.94. The first-order valence-electron chi connectivity index (χ1n) is 11.2. The topological polar surface area (TPSA) is 83.9 Å². The number of fused-ring (bicyclic) bond motifs is 2. The largest absolute Gasteiger partial charge is 0.496 e. The molecule has 0 amide bonds. The number of likely N-dealkylation sites (N-methyl/N-ethyl adjacent to an activating group) is 1. The van der Waals surface area contributed by atoms with Crippen LogP contribution in [0.3, 0.4) is 0 Å². The van der Waals surface area contributed by atoms with E-state index in [4.69, 9.17) is 19.2 Å². The van der Waals surface area contributed by atoms with Crippen molar-refractivity contribution in [2.24, 2.45) is 4.99 Å². The number of piperazine rings is 1. The van der Waals surface area contributed by atoms with Crippen molar-refractivity contribution in [3.8, 4) is 5.75 Å². The van der Waals surface area contributed by atoms with Crippen molar-refractivity contribution in [3.05, 3.63) is 71.8 Å². The van der Waals surface area contributed by atoms with Crippen molar-refractivity contribution in [2.45, 2.75) is 12.5 Å². The third-order valence-corrected chi connectivity index (χ3v) is 6.20. The summed E-state index contributed by atoms with van der Waals surface area (Å²) >= 11 is 0. The summed E-state index contributed by atoms with van der Waals surface area (Å²) in [7, 11) is 3.68. The molecule has 2 aromatic rings. The van der Waals surface area contributed by atoms with Gasteiger partial charge in [-0.3, -0.25) is 4.90 Å². The van der Waals surface area contributed by atoms with Crippen LogP contribution in [0.2, 0.25) is 0 Å². The fourth-order valence-electron chi connectivity index (χ4n) is 4.43. The second-order valence-electron chi connectivity index (χ2n) is 8.37. The highest BCUT2D eigenvalue weighted by atomic mass is 16.8. The van der Waals surface area contributed by atoms with Crippen LogP contribution in [0.25, 0.3) is 0 Å². The zero-order valence-corrected chi connectivity index (χ0v) is 19.1. The first kappa shape index (κ1) is 22.0. The molecule has 176 valence electrons. The molecule has 5 rings (SSSR count). The SMILES string of the molecule is COc1ccccc1CN1C(N2CCN(C)CC2)=Nc2ccccc2C12OC(=O)C=CC(=O)O2. The highest BCUT2D eigenvalue weighted by Crippen LogP contribution is 2.44. The second kappa shape index (κ2) is 8.83. The number of carbonyl (C=O) groups is 2. The Morgan fingerprint density at radius 2 is 1.59 bits per heavy atom. The summed E-state index contributed by atoms with van der Waals surface area (Å²) in [6, 6.07) is 14.8. The van der Waals surface area contributed by atoms with E-state index in [2.05, 4.69) is 16.8 Å². The van der Waals surface area contributed by atoms with Crippen LogP contribution in [0.1, 0.15) is 11.1 Å². The van der Waals surface area contributed by atoms with Crippen LogP contribution in [0.15, 0.2) is 65.7 Å². The van der Waals surface area contributed by atoms with Crippen LogP contribution in [0.4, 0.5) is 5.69 Å². The van der Waals surface area contributed by atoms with E-state index in [-0.39, 0.29) is 6.54 Å². The van der Waals surface area contributed by atoms with E-state index >= 15 is 0 Å². The average molecular weight is 463 g/mol. The standard InChI is InChI=1S/C25H26N4O5/c1-27-13-15-28(16-14-27)24-26-20-9-5-4-8-19(20)25(33-22(30)11-12-23(31)34-25)29(24)17-18-7-3-6-10-21(18)32-2/h3-12H,13-17H2,1-2H3. The van der Waals surface area contributed by atoms with Gasteiger partial charge in [-0.05, 0) is 25.2 Å². The number of guanidine groups is 1. The van der Waals surface area contributed by atoms with Gasteiger partial charge in [0.1, 0.15) is 5.75 Å². The molecule has 0 aromatic heterocycles. The summed E-state index contributed by atoms with van der Waals surface area (Å²) in [6.45, 7) is 3.35. The zero-order valence-electron chi connectivity index (χ0n) is 19.1. The quantitative estimate of drug-likeness (QED) is 0.642. The Morgan fingerprint density at radius 3 is 2.29 bits per heavy atom. The number of rotatable bonds is 3. The van der Waals surface area contributed by atoms with Crippen LogP contribution in [0.5, 0.6) is 5.75 Å². The Labute approximate surface area is 197 Å². The summed E-state index contributed by atoms with van der Waals surface area (Å²) in [4.78, 5) is 36.5. The highest BCUT2D eigenvalue weighted by molar-refractivity contribution is 5.95. The smallest absolute Gasteiger partial charge is 0.376 e. The van der Waals surface area contributed by atoms with Crippen LogP contribution < -0.4 is 4.74 Å². The minimum absolute atomic E-state index is 0.226. The van der Waals surface area contributed by atoms with Crippen LogP contribution >= 0.6 is 0 Å². The van der Waals surface area contributed by atoms with Crippen molar-refractivity contribution in [1.82, 2.24) is 14.7 Å². The lowest BCUT2D eigenvalue weighted by Gasteiger charge is -2.48. The van der Waals surface area contributed by atoms with Crippen molar-refractivity contribution < 1.29 is 23.8 Å². The molecule has 3 heterocycles. The maximum absolute atomic E-state index is 12.7. The van der Waals surface area contributed by atoms with Gasteiger partial charge in [0.15, 0.2) is 0 Å². The van der Waals surface area contributed by atoms with Crippen LogP contribution in [-0.2, 0) is 31.5 Å². The zero-order chi connectivity index (χ0) is 23.7.